The lowest BCUT2D eigenvalue weighted by atomic mass is 10.00. The van der Waals surface area contributed by atoms with Crippen molar-refractivity contribution in [2.24, 2.45) is 7.05 Å². The van der Waals surface area contributed by atoms with Gasteiger partial charge in [0, 0.05) is 17.9 Å². The maximum atomic E-state index is 3.30. The van der Waals surface area contributed by atoms with Gasteiger partial charge in [0.05, 0.1) is 12.6 Å². The quantitative estimate of drug-likeness (QED) is 0.543. The number of fused-ring (bicyclic) bond motifs is 1. The Hall–Kier alpha value is -2.81. The van der Waals surface area contributed by atoms with Crippen LogP contribution in [0.3, 0.4) is 0 Å². The predicted octanol–water partition coefficient (Wildman–Crippen LogP) is 3.73. The maximum Gasteiger partial charge on any atom is 0.286 e. The molecule has 0 radical (unpaired) electrons. The second kappa shape index (κ2) is 4.88. The van der Waals surface area contributed by atoms with Crippen LogP contribution in [0.15, 0.2) is 67.3 Å². The second-order valence-corrected chi connectivity index (χ2v) is 5.71. The first-order valence-electron chi connectivity index (χ1n) is 7.43. The van der Waals surface area contributed by atoms with Gasteiger partial charge in [-0.1, -0.05) is 12.1 Å². The maximum absolute atomic E-state index is 3.30. The van der Waals surface area contributed by atoms with Crippen LogP contribution in [-0.2, 0) is 7.05 Å². The largest absolute Gasteiger partial charge is 0.324 e. The van der Waals surface area contributed by atoms with Crippen LogP contribution in [0.5, 0.6) is 0 Å². The molecule has 0 spiro atoms. The standard InChI is InChI=1S/C19H17N3/c1-14-12-15(5-6-18(14)19-20-8-11-21(19)2)16-7-10-22-9-3-4-17(22)13-16/h3-13H,1-2H3/p+1. The molecule has 1 N–H and O–H groups in total. The van der Waals surface area contributed by atoms with Crippen LogP contribution in [0.1, 0.15) is 5.56 Å². The Kier molecular flexibility index (Phi) is 2.86. The molecule has 0 aliphatic carbocycles. The van der Waals surface area contributed by atoms with Crippen LogP contribution >= 0.6 is 0 Å². The number of nitrogens with zero attached hydrogens (tertiary/aromatic N) is 2. The lowest BCUT2D eigenvalue weighted by molar-refractivity contribution is -0.658. The third-order valence-corrected chi connectivity index (χ3v) is 4.22. The molecule has 4 aromatic rings. The summed E-state index contributed by atoms with van der Waals surface area (Å²) in [6.45, 7) is 2.16. The summed E-state index contributed by atoms with van der Waals surface area (Å²) >= 11 is 0. The number of nitrogens with one attached hydrogen (secondary N) is 1. The summed E-state index contributed by atoms with van der Waals surface area (Å²) in [7, 11) is 2.06. The summed E-state index contributed by atoms with van der Waals surface area (Å²) in [4.78, 5) is 3.30. The normalized spacial score (nSPS) is 11.2. The predicted molar refractivity (Wildman–Crippen MR) is 88.5 cm³/mol. The number of benzene rings is 1. The molecule has 0 aliphatic heterocycles. The van der Waals surface area contributed by atoms with Crippen molar-refractivity contribution in [1.29, 1.82) is 0 Å². The molecule has 0 aliphatic rings. The van der Waals surface area contributed by atoms with Crippen LogP contribution in [0.4, 0.5) is 0 Å². The molecular weight excluding hydrogens is 270 g/mol. The molecule has 4 rings (SSSR count). The topological polar surface area (TPSA) is 24.1 Å². The molecule has 0 amide bonds. The highest BCUT2D eigenvalue weighted by atomic mass is 15.0. The zero-order chi connectivity index (χ0) is 15.1. The van der Waals surface area contributed by atoms with Gasteiger partial charge in [-0.2, -0.15) is 0 Å². The third kappa shape index (κ3) is 2.02. The number of aromatic amines is 1. The molecule has 0 unspecified atom stereocenters. The molecule has 0 fully saturated rings. The SMILES string of the molecule is Cc1cc(-c2ccn3cccc3c2)ccc1-c1[nH]cc[n+]1C. The highest BCUT2D eigenvalue weighted by Gasteiger charge is 2.13. The van der Waals surface area contributed by atoms with Gasteiger partial charge in [0.25, 0.3) is 5.82 Å². The van der Waals surface area contributed by atoms with E-state index in [0.717, 1.165) is 5.82 Å². The minimum Gasteiger partial charge on any atom is -0.324 e. The van der Waals surface area contributed by atoms with E-state index >= 15 is 0 Å². The molecule has 3 nitrogen and oxygen atoms in total. The van der Waals surface area contributed by atoms with Gasteiger partial charge in [-0.3, -0.25) is 0 Å². The summed E-state index contributed by atoms with van der Waals surface area (Å²) in [6.07, 6.45) is 8.17. The van der Waals surface area contributed by atoms with Crippen molar-refractivity contribution in [3.05, 3.63) is 72.8 Å². The monoisotopic (exact) mass is 288 g/mol. The Labute approximate surface area is 129 Å². The second-order valence-electron chi connectivity index (χ2n) is 5.71. The van der Waals surface area contributed by atoms with E-state index < -0.39 is 0 Å². The number of rotatable bonds is 2. The van der Waals surface area contributed by atoms with Crippen molar-refractivity contribution < 1.29 is 4.57 Å². The summed E-state index contributed by atoms with van der Waals surface area (Å²) in [5.41, 5.74) is 6.22. The van der Waals surface area contributed by atoms with E-state index in [1.807, 2.05) is 12.4 Å². The number of imidazole rings is 1. The van der Waals surface area contributed by atoms with Crippen molar-refractivity contribution in [2.75, 3.05) is 0 Å². The molecule has 3 aromatic heterocycles. The van der Waals surface area contributed by atoms with Crippen molar-refractivity contribution >= 4 is 5.52 Å². The molecule has 108 valence electrons. The number of hydrogen-bond donors (Lipinski definition) is 1. The lowest BCUT2D eigenvalue weighted by Crippen LogP contribution is -2.27. The van der Waals surface area contributed by atoms with Gasteiger partial charge < -0.3 is 4.40 Å². The minimum atomic E-state index is 1.13. The molecule has 3 heteroatoms. The molecule has 0 bridgehead atoms. The Bertz CT molecular complexity index is 960. The van der Waals surface area contributed by atoms with Crippen LogP contribution in [0, 0.1) is 6.92 Å². The molecule has 22 heavy (non-hydrogen) atoms. The van der Waals surface area contributed by atoms with Crippen LogP contribution in [0.2, 0.25) is 0 Å². The number of hydrogen-bond acceptors (Lipinski definition) is 0. The molecule has 0 saturated carbocycles. The average Bonchev–Trinajstić information content (AvgIpc) is 3.15. The summed E-state index contributed by atoms with van der Waals surface area (Å²) < 4.78 is 4.23. The summed E-state index contributed by atoms with van der Waals surface area (Å²) in [5, 5.41) is 0. The third-order valence-electron chi connectivity index (χ3n) is 4.22. The van der Waals surface area contributed by atoms with Gasteiger partial charge in [0.1, 0.15) is 12.4 Å². The van der Waals surface area contributed by atoms with E-state index in [1.54, 1.807) is 0 Å². The van der Waals surface area contributed by atoms with Crippen molar-refractivity contribution in [3.8, 4) is 22.5 Å². The van der Waals surface area contributed by atoms with E-state index in [-0.39, 0.29) is 0 Å². The Balaban J connectivity index is 1.80. The molecule has 3 heterocycles. The van der Waals surface area contributed by atoms with Crippen LogP contribution in [-0.4, -0.2) is 9.38 Å². The Morgan fingerprint density at radius 1 is 1.00 bits per heavy atom. The first-order valence-corrected chi connectivity index (χ1v) is 7.43. The van der Waals surface area contributed by atoms with E-state index in [0.29, 0.717) is 0 Å². The van der Waals surface area contributed by atoms with E-state index in [4.69, 9.17) is 0 Å². The van der Waals surface area contributed by atoms with E-state index in [1.165, 1.54) is 27.8 Å². The van der Waals surface area contributed by atoms with Gasteiger partial charge in [0.2, 0.25) is 0 Å². The van der Waals surface area contributed by atoms with E-state index in [2.05, 4.69) is 82.8 Å². The Morgan fingerprint density at radius 2 is 1.86 bits per heavy atom. The van der Waals surface area contributed by atoms with Crippen LogP contribution in [0.25, 0.3) is 28.0 Å². The smallest absolute Gasteiger partial charge is 0.286 e. The number of aryl methyl sites for hydroxylation is 2. The van der Waals surface area contributed by atoms with Gasteiger partial charge in [-0.05, 0) is 53.9 Å². The zero-order valence-electron chi connectivity index (χ0n) is 12.7. The first kappa shape index (κ1) is 12.9. The fraction of sp³-hybridized carbons (Fsp3) is 0.105. The number of pyridine rings is 1. The number of H-pyrrole nitrogens is 1. The van der Waals surface area contributed by atoms with Crippen molar-refractivity contribution in [3.63, 3.8) is 0 Å². The molecule has 0 atom stereocenters. The number of aromatic nitrogens is 3. The van der Waals surface area contributed by atoms with Crippen LogP contribution < -0.4 is 4.57 Å². The van der Waals surface area contributed by atoms with Gasteiger partial charge in [0.15, 0.2) is 0 Å². The highest BCUT2D eigenvalue weighted by Crippen LogP contribution is 2.27. The zero-order valence-corrected chi connectivity index (χ0v) is 12.7. The van der Waals surface area contributed by atoms with Gasteiger partial charge in [-0.15, -0.1) is 0 Å². The first-order chi connectivity index (χ1) is 10.7. The summed E-state index contributed by atoms with van der Waals surface area (Å²) in [6, 6.07) is 15.2. The van der Waals surface area contributed by atoms with E-state index in [9.17, 15) is 0 Å². The van der Waals surface area contributed by atoms with Crippen molar-refractivity contribution in [2.45, 2.75) is 6.92 Å². The fourth-order valence-corrected chi connectivity index (χ4v) is 2.99. The molecule has 1 aromatic carbocycles. The Morgan fingerprint density at radius 3 is 2.64 bits per heavy atom. The van der Waals surface area contributed by atoms with Gasteiger partial charge >= 0.3 is 0 Å². The minimum absolute atomic E-state index is 1.13. The molecular formula is C19H18N3+. The highest BCUT2D eigenvalue weighted by molar-refractivity contribution is 5.72. The fourth-order valence-electron chi connectivity index (χ4n) is 2.99. The average molecular weight is 288 g/mol. The van der Waals surface area contributed by atoms with Gasteiger partial charge in [-0.25, -0.2) is 9.55 Å². The van der Waals surface area contributed by atoms with Crippen molar-refractivity contribution in [1.82, 2.24) is 9.38 Å². The molecule has 0 saturated heterocycles. The lowest BCUT2D eigenvalue weighted by Gasteiger charge is -2.07. The summed E-state index contributed by atoms with van der Waals surface area (Å²) in [5.74, 6) is 1.13.